The van der Waals surface area contributed by atoms with Crippen molar-refractivity contribution in [3.63, 3.8) is 0 Å². The molecule has 0 amide bonds. The molecule has 0 aliphatic heterocycles. The molecule has 0 unspecified atom stereocenters. The smallest absolute Gasteiger partial charge is 0.318 e. The van der Waals surface area contributed by atoms with E-state index in [1.165, 1.54) is 31.6 Å². The van der Waals surface area contributed by atoms with Crippen molar-refractivity contribution < 1.29 is 13.5 Å². The summed E-state index contributed by atoms with van der Waals surface area (Å²) in [6.07, 6.45) is 4.07. The zero-order chi connectivity index (χ0) is 19.0. The van der Waals surface area contributed by atoms with Crippen LogP contribution in [0.4, 0.5) is 8.78 Å². The van der Waals surface area contributed by atoms with E-state index in [1.54, 1.807) is 17.6 Å². The lowest BCUT2D eigenvalue weighted by molar-refractivity contribution is 0.380. The summed E-state index contributed by atoms with van der Waals surface area (Å²) in [6.45, 7) is 2.09. The van der Waals surface area contributed by atoms with Gasteiger partial charge < -0.3 is 9.30 Å². The lowest BCUT2D eigenvalue weighted by Crippen LogP contribution is -2.05. The molecule has 0 radical (unpaired) electrons. The summed E-state index contributed by atoms with van der Waals surface area (Å²) in [6, 6.07) is 4.43. The number of nitrogens with zero attached hydrogens (tertiary/aromatic N) is 6. The van der Waals surface area contributed by atoms with Crippen LogP contribution < -0.4 is 4.74 Å². The number of hydrogen-bond acceptors (Lipinski definition) is 6. The molecule has 27 heavy (non-hydrogen) atoms. The second kappa shape index (κ2) is 6.67. The molecule has 0 aliphatic carbocycles. The summed E-state index contributed by atoms with van der Waals surface area (Å²) in [5.74, 6) is -0.578. The van der Waals surface area contributed by atoms with Crippen LogP contribution in [0.25, 0.3) is 22.6 Å². The molecule has 136 valence electrons. The molecule has 0 saturated carbocycles. The highest BCUT2D eigenvalue weighted by Gasteiger charge is 2.19. The first-order valence-corrected chi connectivity index (χ1v) is 8.05. The fourth-order valence-electron chi connectivity index (χ4n) is 2.79. The molecule has 0 aromatic carbocycles. The van der Waals surface area contributed by atoms with Crippen LogP contribution >= 0.6 is 0 Å². The van der Waals surface area contributed by atoms with Crippen LogP contribution in [0.5, 0.6) is 6.01 Å². The Morgan fingerprint density at radius 1 is 1.07 bits per heavy atom. The Kier molecular flexibility index (Phi) is 4.19. The first kappa shape index (κ1) is 17.0. The van der Waals surface area contributed by atoms with Gasteiger partial charge in [-0.05, 0) is 24.6 Å². The number of rotatable bonds is 4. The highest BCUT2D eigenvalue weighted by Crippen LogP contribution is 2.27. The molecule has 4 rings (SSSR count). The zero-order valence-electron chi connectivity index (χ0n) is 14.5. The SMILES string of the molecule is COc1nc(C)c2nc(-c3cncc(F)c3)n(Cc3ccc(F)nc3)c2n1. The first-order valence-electron chi connectivity index (χ1n) is 8.05. The van der Waals surface area contributed by atoms with Crippen molar-refractivity contribution in [2.75, 3.05) is 7.11 Å². The molecule has 7 nitrogen and oxygen atoms in total. The highest BCUT2D eigenvalue weighted by atomic mass is 19.1. The lowest BCUT2D eigenvalue weighted by atomic mass is 10.2. The molecule has 4 aromatic heterocycles. The molecular weight excluding hydrogens is 354 g/mol. The second-order valence-electron chi connectivity index (χ2n) is 5.87. The normalized spacial score (nSPS) is 11.1. The quantitative estimate of drug-likeness (QED) is 0.516. The summed E-state index contributed by atoms with van der Waals surface area (Å²) in [7, 11) is 1.47. The van der Waals surface area contributed by atoms with Crippen molar-refractivity contribution >= 4 is 11.2 Å². The van der Waals surface area contributed by atoms with Crippen LogP contribution in [-0.2, 0) is 6.54 Å². The number of imidazole rings is 1. The fraction of sp³-hybridized carbons (Fsp3) is 0.167. The zero-order valence-corrected chi connectivity index (χ0v) is 14.5. The predicted octanol–water partition coefficient (Wildman–Crippen LogP) is 2.93. The molecule has 0 N–H and O–H groups in total. The van der Waals surface area contributed by atoms with E-state index < -0.39 is 11.8 Å². The van der Waals surface area contributed by atoms with Crippen LogP contribution in [0, 0.1) is 18.7 Å². The van der Waals surface area contributed by atoms with Crippen LogP contribution in [0.2, 0.25) is 0 Å². The number of aryl methyl sites for hydroxylation is 1. The van der Waals surface area contributed by atoms with Crippen molar-refractivity contribution in [3.8, 4) is 17.4 Å². The topological polar surface area (TPSA) is 78.6 Å². The molecule has 0 saturated heterocycles. The average molecular weight is 368 g/mol. The molecule has 4 aromatic rings. The van der Waals surface area contributed by atoms with Gasteiger partial charge in [0.15, 0.2) is 5.65 Å². The van der Waals surface area contributed by atoms with Crippen LogP contribution in [0.3, 0.4) is 0 Å². The summed E-state index contributed by atoms with van der Waals surface area (Å²) < 4.78 is 33.8. The Morgan fingerprint density at radius 3 is 2.63 bits per heavy atom. The van der Waals surface area contributed by atoms with Gasteiger partial charge in [-0.2, -0.15) is 14.4 Å². The van der Waals surface area contributed by atoms with Gasteiger partial charge in [0.25, 0.3) is 0 Å². The largest absolute Gasteiger partial charge is 0.467 e. The Morgan fingerprint density at radius 2 is 1.93 bits per heavy atom. The van der Waals surface area contributed by atoms with E-state index in [0.29, 0.717) is 34.8 Å². The molecular formula is C18H14F2N6O. The maximum atomic E-state index is 13.7. The van der Waals surface area contributed by atoms with E-state index in [0.717, 1.165) is 11.8 Å². The predicted molar refractivity (Wildman–Crippen MR) is 93.1 cm³/mol. The summed E-state index contributed by atoms with van der Waals surface area (Å²) in [5.41, 5.74) is 2.92. The van der Waals surface area contributed by atoms with Crippen molar-refractivity contribution in [3.05, 3.63) is 59.8 Å². The maximum Gasteiger partial charge on any atom is 0.318 e. The van der Waals surface area contributed by atoms with E-state index >= 15 is 0 Å². The van der Waals surface area contributed by atoms with Gasteiger partial charge in [-0.3, -0.25) is 4.98 Å². The van der Waals surface area contributed by atoms with Gasteiger partial charge in [-0.15, -0.1) is 0 Å². The Hall–Kier alpha value is -3.49. The minimum Gasteiger partial charge on any atom is -0.467 e. The van der Waals surface area contributed by atoms with E-state index in [2.05, 4.69) is 24.9 Å². The lowest BCUT2D eigenvalue weighted by Gasteiger charge is -2.09. The van der Waals surface area contributed by atoms with Gasteiger partial charge in [0.1, 0.15) is 17.2 Å². The number of halogens is 2. The van der Waals surface area contributed by atoms with E-state index in [1.807, 2.05) is 0 Å². The monoisotopic (exact) mass is 368 g/mol. The van der Waals surface area contributed by atoms with Gasteiger partial charge in [0.05, 0.1) is 25.5 Å². The minimum absolute atomic E-state index is 0.197. The Balaban J connectivity index is 1.95. The van der Waals surface area contributed by atoms with Crippen molar-refractivity contribution in [1.29, 1.82) is 0 Å². The standard InChI is InChI=1S/C18H14F2N6O/c1-10-15-17(25-18(23-10)27-2)26(9-11-3-4-14(20)22-6-11)16(24-15)12-5-13(19)8-21-7-12/h3-8H,9H2,1-2H3. The van der Waals surface area contributed by atoms with Crippen LogP contribution in [-0.4, -0.2) is 36.6 Å². The first-order chi connectivity index (χ1) is 13.0. The Labute approximate surface area is 152 Å². The van der Waals surface area contributed by atoms with E-state index in [-0.39, 0.29) is 6.01 Å². The number of ether oxygens (including phenoxy) is 1. The van der Waals surface area contributed by atoms with Gasteiger partial charge in [0, 0.05) is 18.0 Å². The molecule has 0 atom stereocenters. The van der Waals surface area contributed by atoms with Crippen molar-refractivity contribution in [2.24, 2.45) is 0 Å². The minimum atomic E-state index is -0.566. The molecule has 9 heteroatoms. The second-order valence-corrected chi connectivity index (χ2v) is 5.87. The van der Waals surface area contributed by atoms with Crippen molar-refractivity contribution in [2.45, 2.75) is 13.5 Å². The third-order valence-corrected chi connectivity index (χ3v) is 4.02. The van der Waals surface area contributed by atoms with Gasteiger partial charge in [0.2, 0.25) is 5.95 Å². The average Bonchev–Trinajstić information content (AvgIpc) is 3.02. The molecule has 0 aliphatic rings. The highest BCUT2D eigenvalue weighted by molar-refractivity contribution is 5.79. The van der Waals surface area contributed by atoms with Gasteiger partial charge in [-0.25, -0.2) is 14.4 Å². The molecule has 0 fully saturated rings. The number of fused-ring (bicyclic) bond motifs is 1. The van der Waals surface area contributed by atoms with E-state index in [4.69, 9.17) is 4.74 Å². The number of aromatic nitrogens is 6. The Bertz CT molecular complexity index is 1130. The number of hydrogen-bond donors (Lipinski definition) is 0. The maximum absolute atomic E-state index is 13.7. The van der Waals surface area contributed by atoms with Gasteiger partial charge >= 0.3 is 6.01 Å². The summed E-state index contributed by atoms with van der Waals surface area (Å²) in [4.78, 5) is 20.8. The molecule has 0 bridgehead atoms. The van der Waals surface area contributed by atoms with Crippen LogP contribution in [0.1, 0.15) is 11.3 Å². The summed E-state index contributed by atoms with van der Waals surface area (Å²) >= 11 is 0. The third-order valence-electron chi connectivity index (χ3n) is 4.02. The molecule has 4 heterocycles. The van der Waals surface area contributed by atoms with Gasteiger partial charge in [-0.1, -0.05) is 6.07 Å². The fourth-order valence-corrected chi connectivity index (χ4v) is 2.79. The summed E-state index contributed by atoms with van der Waals surface area (Å²) in [5, 5.41) is 0. The molecule has 0 spiro atoms. The van der Waals surface area contributed by atoms with E-state index in [9.17, 15) is 8.78 Å². The number of methoxy groups -OCH3 is 1. The third kappa shape index (κ3) is 3.19. The number of pyridine rings is 2. The van der Waals surface area contributed by atoms with Crippen LogP contribution in [0.15, 0.2) is 36.8 Å². The van der Waals surface area contributed by atoms with Crippen molar-refractivity contribution in [1.82, 2.24) is 29.5 Å².